The third-order valence-electron chi connectivity index (χ3n) is 1.46. The molecule has 0 saturated heterocycles. The first-order valence-corrected chi connectivity index (χ1v) is 6.46. The van der Waals surface area contributed by atoms with Crippen molar-refractivity contribution < 1.29 is 18.0 Å². The number of rotatable bonds is 4. The number of thiophene rings is 1. The largest absolute Gasteiger partial charge is 0.441 e. The first-order valence-electron chi connectivity index (χ1n) is 4.15. The van der Waals surface area contributed by atoms with Crippen molar-refractivity contribution in [2.75, 3.05) is 12.3 Å². The van der Waals surface area contributed by atoms with E-state index in [0.717, 1.165) is 0 Å². The number of alkyl halides is 3. The monoisotopic (exact) mass is 287 g/mol. The molecule has 1 amide bonds. The van der Waals surface area contributed by atoms with Crippen LogP contribution in [0.15, 0.2) is 16.3 Å². The third-order valence-corrected chi connectivity index (χ3v) is 3.56. The Kier molecular flexibility index (Phi) is 5.00. The molecular formula is C8H8F3NOS3. The molecule has 0 atom stereocenters. The number of carbonyl (C=O) groups excluding carboxylic acids is 1. The molecule has 0 aliphatic carbocycles. The molecule has 90 valence electrons. The smallest absolute Gasteiger partial charge is 0.351 e. The molecule has 1 heterocycles. The van der Waals surface area contributed by atoms with Crippen LogP contribution in [-0.4, -0.2) is 23.7 Å². The highest BCUT2D eigenvalue weighted by Crippen LogP contribution is 2.29. The lowest BCUT2D eigenvalue weighted by atomic mass is 10.4. The van der Waals surface area contributed by atoms with E-state index in [9.17, 15) is 18.0 Å². The fraction of sp³-hybridized carbons (Fsp3) is 0.375. The molecule has 0 aliphatic heterocycles. The normalized spacial score (nSPS) is 11.5. The summed E-state index contributed by atoms with van der Waals surface area (Å²) in [6.45, 7) is -0.0111. The molecule has 0 radical (unpaired) electrons. The first kappa shape index (κ1) is 13.7. The highest BCUT2D eigenvalue weighted by Gasteiger charge is 2.27. The highest BCUT2D eigenvalue weighted by atomic mass is 32.2. The van der Waals surface area contributed by atoms with Crippen molar-refractivity contribution in [2.24, 2.45) is 0 Å². The van der Waals surface area contributed by atoms with Crippen molar-refractivity contribution in [3.05, 3.63) is 16.3 Å². The fourth-order valence-corrected chi connectivity index (χ4v) is 2.36. The summed E-state index contributed by atoms with van der Waals surface area (Å²) < 4.78 is 35.2. The molecule has 0 spiro atoms. The lowest BCUT2D eigenvalue weighted by molar-refractivity contribution is -0.0327. The summed E-state index contributed by atoms with van der Waals surface area (Å²) in [4.78, 5) is 12.5. The van der Waals surface area contributed by atoms with Crippen LogP contribution in [0.25, 0.3) is 0 Å². The molecule has 16 heavy (non-hydrogen) atoms. The zero-order chi connectivity index (χ0) is 12.2. The molecule has 8 heteroatoms. The molecule has 0 bridgehead atoms. The number of carbonyl (C=O) groups is 1. The maximum atomic E-state index is 11.7. The van der Waals surface area contributed by atoms with E-state index in [1.165, 1.54) is 11.3 Å². The number of hydrogen-bond donors (Lipinski definition) is 2. The van der Waals surface area contributed by atoms with Crippen LogP contribution in [0.2, 0.25) is 0 Å². The van der Waals surface area contributed by atoms with Gasteiger partial charge in [0.1, 0.15) is 0 Å². The van der Waals surface area contributed by atoms with Crippen LogP contribution in [0.5, 0.6) is 0 Å². The van der Waals surface area contributed by atoms with Gasteiger partial charge in [-0.1, -0.05) is 0 Å². The van der Waals surface area contributed by atoms with Gasteiger partial charge in [0, 0.05) is 22.6 Å². The molecule has 0 saturated carbocycles. The van der Waals surface area contributed by atoms with Gasteiger partial charge in [0.2, 0.25) is 0 Å². The summed E-state index contributed by atoms with van der Waals surface area (Å²) in [5.74, 6) is -0.554. The fourth-order valence-electron chi connectivity index (χ4n) is 0.864. The van der Waals surface area contributed by atoms with Gasteiger partial charge < -0.3 is 5.32 Å². The van der Waals surface area contributed by atoms with E-state index in [1.54, 1.807) is 11.4 Å². The van der Waals surface area contributed by atoms with Crippen molar-refractivity contribution >= 4 is 41.6 Å². The van der Waals surface area contributed by atoms with Gasteiger partial charge in [-0.2, -0.15) is 13.2 Å². The second kappa shape index (κ2) is 5.83. The Bertz CT molecular complexity index is 364. The summed E-state index contributed by atoms with van der Waals surface area (Å²) >= 11 is 5.08. The lowest BCUT2D eigenvalue weighted by Gasteiger charge is -2.05. The van der Waals surface area contributed by atoms with Crippen LogP contribution < -0.4 is 5.32 Å². The quantitative estimate of drug-likeness (QED) is 0.658. The van der Waals surface area contributed by atoms with Gasteiger partial charge in [0.25, 0.3) is 5.91 Å². The minimum Gasteiger partial charge on any atom is -0.351 e. The minimum absolute atomic E-state index is 0.0111. The summed E-state index contributed by atoms with van der Waals surface area (Å²) in [5, 5.41) is 4.08. The topological polar surface area (TPSA) is 29.1 Å². The SMILES string of the molecule is O=C(NCCSC(F)(F)F)c1cc(S)cs1. The van der Waals surface area contributed by atoms with Crippen LogP contribution in [0, 0.1) is 0 Å². The van der Waals surface area contributed by atoms with Crippen molar-refractivity contribution in [1.29, 1.82) is 0 Å². The summed E-state index contributed by atoms with van der Waals surface area (Å²) in [7, 11) is 0. The van der Waals surface area contributed by atoms with Gasteiger partial charge in [0.05, 0.1) is 4.88 Å². The molecular weight excluding hydrogens is 279 g/mol. The van der Waals surface area contributed by atoms with Crippen molar-refractivity contribution in [3.63, 3.8) is 0 Å². The average Bonchev–Trinajstić information content (AvgIpc) is 2.57. The summed E-state index contributed by atoms with van der Waals surface area (Å²) in [6.07, 6.45) is 0. The van der Waals surface area contributed by atoms with E-state index in [1.807, 2.05) is 0 Å². The van der Waals surface area contributed by atoms with Crippen LogP contribution in [-0.2, 0) is 0 Å². The third kappa shape index (κ3) is 5.13. The zero-order valence-corrected chi connectivity index (χ0v) is 10.4. The van der Waals surface area contributed by atoms with Gasteiger partial charge in [-0.3, -0.25) is 4.79 Å². The first-order chi connectivity index (χ1) is 7.38. The average molecular weight is 287 g/mol. The molecule has 0 aromatic carbocycles. The maximum absolute atomic E-state index is 11.7. The molecule has 1 aromatic heterocycles. The summed E-state index contributed by atoms with van der Waals surface area (Å²) in [5.41, 5.74) is -4.24. The molecule has 1 rings (SSSR count). The molecule has 2 nitrogen and oxygen atoms in total. The van der Waals surface area contributed by atoms with E-state index in [2.05, 4.69) is 17.9 Å². The Morgan fingerprint density at radius 2 is 2.25 bits per heavy atom. The number of hydrogen-bond acceptors (Lipinski definition) is 4. The number of halogens is 3. The van der Waals surface area contributed by atoms with Crippen LogP contribution >= 0.6 is 35.7 Å². The Labute approximate surface area is 104 Å². The predicted molar refractivity (Wildman–Crippen MR) is 62.4 cm³/mol. The molecule has 0 aliphatic rings. The lowest BCUT2D eigenvalue weighted by Crippen LogP contribution is -2.25. The summed E-state index contributed by atoms with van der Waals surface area (Å²) in [6, 6.07) is 1.57. The van der Waals surface area contributed by atoms with Gasteiger partial charge in [0.15, 0.2) is 0 Å². The van der Waals surface area contributed by atoms with Gasteiger partial charge >= 0.3 is 5.51 Å². The van der Waals surface area contributed by atoms with E-state index >= 15 is 0 Å². The van der Waals surface area contributed by atoms with Crippen LogP contribution in [0.1, 0.15) is 9.67 Å². The predicted octanol–water partition coefficient (Wildman–Crippen LogP) is 3.02. The number of amides is 1. The molecule has 0 unspecified atom stereocenters. The zero-order valence-electron chi connectivity index (χ0n) is 7.87. The van der Waals surface area contributed by atoms with E-state index in [0.29, 0.717) is 9.77 Å². The highest BCUT2D eigenvalue weighted by molar-refractivity contribution is 8.00. The van der Waals surface area contributed by atoms with Gasteiger partial charge in [-0.15, -0.1) is 24.0 Å². The Balaban J connectivity index is 2.26. The standard InChI is InChI=1S/C8H8F3NOS3/c9-8(10,11)16-2-1-12-7(13)6-3-5(14)4-15-6/h3-4,14H,1-2H2,(H,12,13). The Hall–Kier alpha value is -0.340. The van der Waals surface area contributed by atoms with E-state index in [-0.39, 0.29) is 30.0 Å². The van der Waals surface area contributed by atoms with Crippen molar-refractivity contribution in [3.8, 4) is 0 Å². The van der Waals surface area contributed by atoms with E-state index in [4.69, 9.17) is 0 Å². The number of thiol groups is 1. The van der Waals surface area contributed by atoms with Crippen LogP contribution in [0.3, 0.4) is 0 Å². The number of thioether (sulfide) groups is 1. The Morgan fingerprint density at radius 3 is 2.75 bits per heavy atom. The second-order valence-electron chi connectivity index (χ2n) is 2.72. The van der Waals surface area contributed by atoms with Gasteiger partial charge in [-0.05, 0) is 17.8 Å². The van der Waals surface area contributed by atoms with Gasteiger partial charge in [-0.25, -0.2) is 0 Å². The second-order valence-corrected chi connectivity index (χ2v) is 5.31. The minimum atomic E-state index is -4.24. The molecule has 0 fully saturated rings. The molecule has 1 N–H and O–H groups in total. The van der Waals surface area contributed by atoms with Crippen molar-refractivity contribution in [2.45, 2.75) is 10.4 Å². The number of nitrogens with one attached hydrogen (secondary N) is 1. The van der Waals surface area contributed by atoms with E-state index < -0.39 is 5.51 Å². The Morgan fingerprint density at radius 1 is 1.56 bits per heavy atom. The maximum Gasteiger partial charge on any atom is 0.441 e. The van der Waals surface area contributed by atoms with Crippen LogP contribution in [0.4, 0.5) is 13.2 Å². The van der Waals surface area contributed by atoms with Crippen molar-refractivity contribution in [1.82, 2.24) is 5.32 Å². The molecule has 1 aromatic rings.